The van der Waals surface area contributed by atoms with Crippen LogP contribution < -0.4 is 10.6 Å². The molecule has 0 aliphatic heterocycles. The molecular formula is C19H22BrFN2S. The van der Waals surface area contributed by atoms with E-state index in [-0.39, 0.29) is 17.3 Å². The first-order valence-electron chi connectivity index (χ1n) is 7.80. The zero-order chi connectivity index (χ0) is 17.9. The highest BCUT2D eigenvalue weighted by atomic mass is 79.9. The van der Waals surface area contributed by atoms with Crippen molar-refractivity contribution in [2.24, 2.45) is 0 Å². The standard InChI is InChI=1S/C19H22BrFN2S/c1-12(13-5-7-14(8-6-13)19(2,3)4)22-18(24)23-17-10-9-15(20)11-16(17)21/h5-12H,1-4H3,(H2,22,23,24)/t12-/m0/s1. The molecule has 24 heavy (non-hydrogen) atoms. The van der Waals surface area contributed by atoms with Gasteiger partial charge in [-0.1, -0.05) is 61.0 Å². The summed E-state index contributed by atoms with van der Waals surface area (Å²) in [5, 5.41) is 6.48. The van der Waals surface area contributed by atoms with Crippen LogP contribution in [0.3, 0.4) is 0 Å². The Hall–Kier alpha value is -1.46. The summed E-state index contributed by atoms with van der Waals surface area (Å²) in [7, 11) is 0. The molecule has 0 unspecified atom stereocenters. The molecule has 0 aliphatic rings. The van der Waals surface area contributed by atoms with Crippen LogP contribution in [0.2, 0.25) is 0 Å². The van der Waals surface area contributed by atoms with Gasteiger partial charge in [0.15, 0.2) is 5.11 Å². The average molecular weight is 409 g/mol. The predicted octanol–water partition coefficient (Wildman–Crippen LogP) is 5.93. The summed E-state index contributed by atoms with van der Waals surface area (Å²) in [6.45, 7) is 8.60. The Kier molecular flexibility index (Phi) is 5.99. The van der Waals surface area contributed by atoms with Gasteiger partial charge >= 0.3 is 0 Å². The molecule has 0 heterocycles. The van der Waals surface area contributed by atoms with Crippen molar-refractivity contribution in [1.29, 1.82) is 0 Å². The van der Waals surface area contributed by atoms with Gasteiger partial charge in [0, 0.05) is 4.47 Å². The largest absolute Gasteiger partial charge is 0.356 e. The minimum Gasteiger partial charge on any atom is -0.356 e. The Morgan fingerprint density at radius 2 is 1.75 bits per heavy atom. The van der Waals surface area contributed by atoms with Gasteiger partial charge in [-0.3, -0.25) is 0 Å². The summed E-state index contributed by atoms with van der Waals surface area (Å²) in [5.41, 5.74) is 2.90. The van der Waals surface area contributed by atoms with Crippen LogP contribution in [-0.2, 0) is 5.41 Å². The molecule has 2 aromatic rings. The van der Waals surface area contributed by atoms with Crippen molar-refractivity contribution < 1.29 is 4.39 Å². The third-order valence-electron chi connectivity index (χ3n) is 3.80. The minimum absolute atomic E-state index is 0.0255. The SMILES string of the molecule is C[C@H](NC(=S)Nc1ccc(Br)cc1F)c1ccc(C(C)(C)C)cc1. The van der Waals surface area contributed by atoms with E-state index in [1.165, 1.54) is 11.6 Å². The molecule has 0 aromatic heterocycles. The summed E-state index contributed by atoms with van der Waals surface area (Å²) in [5.74, 6) is -0.351. The molecule has 5 heteroatoms. The van der Waals surface area contributed by atoms with Gasteiger partial charge in [0.25, 0.3) is 0 Å². The second kappa shape index (κ2) is 7.62. The molecule has 1 atom stereocenters. The fourth-order valence-electron chi connectivity index (χ4n) is 2.30. The second-order valence-electron chi connectivity index (χ2n) is 6.82. The van der Waals surface area contributed by atoms with Crippen LogP contribution in [0.5, 0.6) is 0 Å². The number of hydrogen-bond donors (Lipinski definition) is 2. The summed E-state index contributed by atoms with van der Waals surface area (Å²) in [6.07, 6.45) is 0. The van der Waals surface area contributed by atoms with Crippen molar-refractivity contribution in [3.8, 4) is 0 Å². The number of halogens is 2. The molecule has 128 valence electrons. The normalized spacial score (nSPS) is 12.6. The minimum atomic E-state index is -0.351. The molecule has 0 saturated carbocycles. The van der Waals surface area contributed by atoms with Crippen molar-refractivity contribution in [3.63, 3.8) is 0 Å². The Morgan fingerprint density at radius 1 is 1.12 bits per heavy atom. The van der Waals surface area contributed by atoms with Gasteiger partial charge in [0.2, 0.25) is 0 Å². The molecule has 0 bridgehead atoms. The van der Waals surface area contributed by atoms with Gasteiger partial charge in [-0.2, -0.15) is 0 Å². The van der Waals surface area contributed by atoms with E-state index in [1.807, 2.05) is 6.92 Å². The van der Waals surface area contributed by atoms with Crippen molar-refractivity contribution in [2.45, 2.75) is 39.2 Å². The van der Waals surface area contributed by atoms with Crippen molar-refractivity contribution >= 4 is 38.9 Å². The van der Waals surface area contributed by atoms with Crippen molar-refractivity contribution in [1.82, 2.24) is 5.32 Å². The van der Waals surface area contributed by atoms with Crippen LogP contribution >= 0.6 is 28.1 Å². The number of nitrogens with one attached hydrogen (secondary N) is 2. The third-order valence-corrected chi connectivity index (χ3v) is 4.52. The van der Waals surface area contributed by atoms with Gasteiger partial charge in [-0.25, -0.2) is 4.39 Å². The molecule has 0 radical (unpaired) electrons. The lowest BCUT2D eigenvalue weighted by molar-refractivity contribution is 0.589. The number of rotatable bonds is 3. The smallest absolute Gasteiger partial charge is 0.171 e. The lowest BCUT2D eigenvalue weighted by Gasteiger charge is -2.21. The van der Waals surface area contributed by atoms with E-state index < -0.39 is 0 Å². The van der Waals surface area contributed by atoms with E-state index in [9.17, 15) is 4.39 Å². The zero-order valence-corrected chi connectivity index (χ0v) is 16.7. The molecule has 2 rings (SSSR count). The molecule has 2 N–H and O–H groups in total. The number of anilines is 1. The van der Waals surface area contributed by atoms with E-state index in [4.69, 9.17) is 12.2 Å². The van der Waals surface area contributed by atoms with E-state index in [0.29, 0.717) is 15.3 Å². The van der Waals surface area contributed by atoms with Crippen LogP contribution in [0.4, 0.5) is 10.1 Å². The second-order valence-corrected chi connectivity index (χ2v) is 8.14. The number of thiocarbonyl (C=S) groups is 1. The number of benzene rings is 2. The highest BCUT2D eigenvalue weighted by Gasteiger charge is 2.14. The molecule has 0 aliphatic carbocycles. The first-order chi connectivity index (χ1) is 11.2. The van der Waals surface area contributed by atoms with E-state index in [0.717, 1.165) is 5.56 Å². The molecule has 2 aromatic carbocycles. The maximum atomic E-state index is 13.8. The lowest BCUT2D eigenvalue weighted by atomic mass is 9.86. The summed E-state index contributed by atoms with van der Waals surface area (Å²) in [4.78, 5) is 0. The monoisotopic (exact) mass is 408 g/mol. The Balaban J connectivity index is 2.01. The fraction of sp³-hybridized carbons (Fsp3) is 0.316. The van der Waals surface area contributed by atoms with Gasteiger partial charge < -0.3 is 10.6 Å². The fourth-order valence-corrected chi connectivity index (χ4v) is 2.92. The molecule has 0 amide bonds. The van der Waals surface area contributed by atoms with Gasteiger partial charge in [-0.05, 0) is 53.9 Å². The Bertz CT molecular complexity index is 723. The molecule has 0 fully saturated rings. The van der Waals surface area contributed by atoms with Crippen molar-refractivity contribution in [3.05, 3.63) is 63.9 Å². The van der Waals surface area contributed by atoms with E-state index in [2.05, 4.69) is 71.6 Å². The molecule has 0 saturated heterocycles. The van der Waals surface area contributed by atoms with Gasteiger partial charge in [0.05, 0.1) is 11.7 Å². The maximum absolute atomic E-state index is 13.8. The first-order valence-corrected chi connectivity index (χ1v) is 9.00. The van der Waals surface area contributed by atoms with Gasteiger partial charge in [-0.15, -0.1) is 0 Å². The Morgan fingerprint density at radius 3 is 2.29 bits per heavy atom. The molecule has 2 nitrogen and oxygen atoms in total. The summed E-state index contributed by atoms with van der Waals surface area (Å²) in [6, 6.07) is 13.3. The average Bonchev–Trinajstić information content (AvgIpc) is 2.49. The van der Waals surface area contributed by atoms with E-state index in [1.54, 1.807) is 12.1 Å². The maximum Gasteiger partial charge on any atom is 0.171 e. The van der Waals surface area contributed by atoms with Crippen LogP contribution in [0.1, 0.15) is 44.9 Å². The van der Waals surface area contributed by atoms with Crippen LogP contribution in [0, 0.1) is 5.82 Å². The highest BCUT2D eigenvalue weighted by molar-refractivity contribution is 9.10. The summed E-state index contributed by atoms with van der Waals surface area (Å²) >= 11 is 8.53. The highest BCUT2D eigenvalue weighted by Crippen LogP contribution is 2.24. The molecule has 0 spiro atoms. The zero-order valence-electron chi connectivity index (χ0n) is 14.3. The predicted molar refractivity (Wildman–Crippen MR) is 107 cm³/mol. The van der Waals surface area contributed by atoms with Gasteiger partial charge in [0.1, 0.15) is 5.82 Å². The third kappa shape index (κ3) is 5.02. The lowest BCUT2D eigenvalue weighted by Crippen LogP contribution is -2.31. The molecular weight excluding hydrogens is 387 g/mol. The topological polar surface area (TPSA) is 24.1 Å². The number of hydrogen-bond acceptors (Lipinski definition) is 1. The van der Waals surface area contributed by atoms with Crippen LogP contribution in [0.25, 0.3) is 0 Å². The Labute approximate surface area is 157 Å². The van der Waals surface area contributed by atoms with Crippen LogP contribution in [-0.4, -0.2) is 5.11 Å². The quantitative estimate of drug-likeness (QED) is 0.614. The van der Waals surface area contributed by atoms with Crippen LogP contribution in [0.15, 0.2) is 46.9 Å². The first kappa shape index (κ1) is 18.9. The van der Waals surface area contributed by atoms with Crippen molar-refractivity contribution in [2.75, 3.05) is 5.32 Å². The summed E-state index contributed by atoms with van der Waals surface area (Å²) < 4.78 is 14.5. The van der Waals surface area contributed by atoms with E-state index >= 15 is 0 Å².